The summed E-state index contributed by atoms with van der Waals surface area (Å²) < 4.78 is 102. The first-order valence-corrected chi connectivity index (χ1v) is 9.62. The number of alkyl halides is 3. The summed E-state index contributed by atoms with van der Waals surface area (Å²) in [6.07, 6.45) is -6.28. The SMILES string of the molecule is [2H]C([2H])([2H])Oc1c([C@H]2[C@H](C(=O)Nc3cc[n+]([O-])c(C(N)=O)c3)O[C@@](C)(C(F)(F)F)[C@H]2C)ccc(F)c1F. The molecule has 1 aromatic heterocycles. The Morgan fingerprint density at radius 1 is 1.32 bits per heavy atom. The van der Waals surface area contributed by atoms with Crippen LogP contribution in [-0.4, -0.2) is 36.7 Å². The Hall–Kier alpha value is -3.48. The molecule has 4 atom stereocenters. The number of nitrogens with two attached hydrogens (primary N) is 1. The van der Waals surface area contributed by atoms with Crippen molar-refractivity contribution in [3.05, 3.63) is 58.6 Å². The number of pyridine rings is 1. The molecule has 2 amide bonds. The zero-order valence-corrected chi connectivity index (χ0v) is 17.6. The lowest BCUT2D eigenvalue weighted by Crippen LogP contribution is -2.47. The molecule has 184 valence electrons. The van der Waals surface area contributed by atoms with Gasteiger partial charge in [0.2, 0.25) is 5.82 Å². The molecule has 0 radical (unpaired) electrons. The van der Waals surface area contributed by atoms with Crippen LogP contribution in [0.15, 0.2) is 30.5 Å². The molecule has 0 bridgehead atoms. The highest BCUT2D eigenvalue weighted by Crippen LogP contribution is 2.55. The van der Waals surface area contributed by atoms with E-state index in [-0.39, 0.29) is 10.4 Å². The highest BCUT2D eigenvalue weighted by Gasteiger charge is 2.65. The Labute approximate surface area is 194 Å². The van der Waals surface area contributed by atoms with Crippen molar-refractivity contribution in [3.63, 3.8) is 0 Å². The molecule has 3 N–H and O–H groups in total. The fraction of sp³-hybridized carbons (Fsp3) is 0.381. The molecule has 0 spiro atoms. The molecule has 1 aliphatic rings. The molecule has 1 aromatic carbocycles. The standard InChI is InChI=1S/C21H20F5N3O5/c1-9-14(11-4-5-12(22)15(23)16(11)33-3)17(34-20(9,2)21(24,25)26)19(31)28-10-6-7-29(32)13(8-10)18(27)30/h4-9,14,17H,1-3H3,(H2,27,30)(H,28,31)/t9-,14-,17+,20+/m0/s1/i3D3. The molecule has 3 rings (SSSR count). The van der Waals surface area contributed by atoms with Gasteiger partial charge in [0.05, 0.1) is 16.8 Å². The lowest BCUT2D eigenvalue weighted by atomic mass is 9.77. The molecule has 0 unspecified atom stereocenters. The fourth-order valence-electron chi connectivity index (χ4n) is 3.89. The van der Waals surface area contributed by atoms with E-state index in [0.29, 0.717) is 13.0 Å². The molecular formula is C21H20F5N3O5. The number of rotatable bonds is 5. The van der Waals surface area contributed by atoms with Crippen LogP contribution < -0.4 is 20.5 Å². The van der Waals surface area contributed by atoms with Gasteiger partial charge in [-0.2, -0.15) is 22.3 Å². The second-order valence-electron chi connectivity index (χ2n) is 7.82. The highest BCUT2D eigenvalue weighted by atomic mass is 19.4. The van der Waals surface area contributed by atoms with Crippen LogP contribution in [0.1, 0.15) is 39.9 Å². The second kappa shape index (κ2) is 8.70. The summed E-state index contributed by atoms with van der Waals surface area (Å²) >= 11 is 0. The number of hydrogen-bond acceptors (Lipinski definition) is 5. The summed E-state index contributed by atoms with van der Waals surface area (Å²) in [5.74, 6) is -10.2. The number of benzene rings is 1. The number of ether oxygens (including phenoxy) is 2. The summed E-state index contributed by atoms with van der Waals surface area (Å²) in [6, 6.07) is 3.24. The van der Waals surface area contributed by atoms with Gasteiger partial charge in [0.15, 0.2) is 23.4 Å². The summed E-state index contributed by atoms with van der Waals surface area (Å²) in [4.78, 5) is 24.6. The number of anilines is 1. The Morgan fingerprint density at radius 2 is 2.00 bits per heavy atom. The Kier molecular flexibility index (Phi) is 5.40. The third-order valence-electron chi connectivity index (χ3n) is 5.91. The van der Waals surface area contributed by atoms with Crippen molar-refractivity contribution in [1.82, 2.24) is 0 Å². The van der Waals surface area contributed by atoms with Crippen LogP contribution in [0.4, 0.5) is 27.6 Å². The average molecular weight is 492 g/mol. The number of carbonyl (C=O) groups is 2. The van der Waals surface area contributed by atoms with Crippen LogP contribution in [0.5, 0.6) is 5.75 Å². The predicted octanol–water partition coefficient (Wildman–Crippen LogP) is 2.78. The first-order valence-electron chi connectivity index (χ1n) is 11.1. The van der Waals surface area contributed by atoms with Crippen LogP contribution in [0.3, 0.4) is 0 Å². The summed E-state index contributed by atoms with van der Waals surface area (Å²) in [5, 5.41) is 13.9. The number of hydrogen-bond donors (Lipinski definition) is 2. The van der Waals surface area contributed by atoms with E-state index in [2.05, 4.69) is 10.1 Å². The average Bonchev–Trinajstić information content (AvgIpc) is 3.04. The normalized spacial score (nSPS) is 26.3. The first-order chi connectivity index (χ1) is 16.9. The van der Waals surface area contributed by atoms with E-state index in [4.69, 9.17) is 14.6 Å². The van der Waals surface area contributed by atoms with E-state index in [1.54, 1.807) is 0 Å². The third-order valence-corrected chi connectivity index (χ3v) is 5.91. The molecule has 0 aliphatic carbocycles. The number of amides is 2. The van der Waals surface area contributed by atoms with Crippen molar-refractivity contribution < 1.29 is 49.9 Å². The Morgan fingerprint density at radius 3 is 2.59 bits per heavy atom. The molecule has 34 heavy (non-hydrogen) atoms. The predicted molar refractivity (Wildman–Crippen MR) is 107 cm³/mol. The van der Waals surface area contributed by atoms with Crippen molar-refractivity contribution in [3.8, 4) is 5.75 Å². The number of halogens is 5. The van der Waals surface area contributed by atoms with Gasteiger partial charge in [0, 0.05) is 29.5 Å². The van der Waals surface area contributed by atoms with Gasteiger partial charge < -0.3 is 25.7 Å². The Bertz CT molecular complexity index is 1240. The van der Waals surface area contributed by atoms with Crippen LogP contribution in [0.25, 0.3) is 0 Å². The number of aromatic nitrogens is 1. The van der Waals surface area contributed by atoms with Gasteiger partial charge >= 0.3 is 12.1 Å². The molecule has 8 nitrogen and oxygen atoms in total. The lowest BCUT2D eigenvalue weighted by Gasteiger charge is -2.32. The number of carbonyl (C=O) groups excluding carboxylic acids is 2. The van der Waals surface area contributed by atoms with E-state index in [0.717, 1.165) is 31.3 Å². The Balaban J connectivity index is 2.13. The zero-order valence-electron chi connectivity index (χ0n) is 20.6. The van der Waals surface area contributed by atoms with Crippen molar-refractivity contribution >= 4 is 17.5 Å². The second-order valence-corrected chi connectivity index (χ2v) is 7.82. The smallest absolute Gasteiger partial charge is 0.417 e. The maximum absolute atomic E-state index is 14.6. The lowest BCUT2D eigenvalue weighted by molar-refractivity contribution is -0.607. The maximum atomic E-state index is 14.6. The number of methoxy groups -OCH3 is 1. The van der Waals surface area contributed by atoms with Crippen molar-refractivity contribution in [2.45, 2.75) is 37.6 Å². The molecule has 1 fully saturated rings. The van der Waals surface area contributed by atoms with Crippen LogP contribution in [-0.2, 0) is 9.53 Å². The first kappa shape index (κ1) is 21.1. The van der Waals surface area contributed by atoms with Gasteiger partial charge in [0.25, 0.3) is 11.6 Å². The van der Waals surface area contributed by atoms with Crippen LogP contribution in [0, 0.1) is 22.8 Å². The monoisotopic (exact) mass is 492 g/mol. The summed E-state index contributed by atoms with van der Waals surface area (Å²) in [5.41, 5.74) is 0.723. The highest BCUT2D eigenvalue weighted by molar-refractivity contribution is 5.97. The molecule has 2 aromatic rings. The number of nitrogens with one attached hydrogen (secondary N) is 1. The number of nitrogens with zero attached hydrogens (tertiary/aromatic N) is 1. The fourth-order valence-corrected chi connectivity index (χ4v) is 3.89. The molecule has 1 aliphatic heterocycles. The largest absolute Gasteiger partial charge is 0.618 e. The molecule has 0 saturated carbocycles. The van der Waals surface area contributed by atoms with Gasteiger partial charge in [-0.25, -0.2) is 4.39 Å². The van der Waals surface area contributed by atoms with Gasteiger partial charge in [0.1, 0.15) is 6.10 Å². The van der Waals surface area contributed by atoms with E-state index >= 15 is 0 Å². The van der Waals surface area contributed by atoms with Crippen molar-refractivity contribution in [2.75, 3.05) is 12.4 Å². The van der Waals surface area contributed by atoms with Crippen molar-refractivity contribution in [2.24, 2.45) is 11.7 Å². The summed E-state index contributed by atoms with van der Waals surface area (Å²) in [7, 11) is -3.32. The van der Waals surface area contributed by atoms with Crippen molar-refractivity contribution in [1.29, 1.82) is 0 Å². The zero-order chi connectivity index (χ0) is 28.1. The molecule has 2 heterocycles. The molecule has 1 saturated heterocycles. The molecular weight excluding hydrogens is 469 g/mol. The van der Waals surface area contributed by atoms with E-state index in [9.17, 15) is 36.7 Å². The minimum absolute atomic E-state index is 0.0926. The third kappa shape index (κ3) is 4.11. The van der Waals surface area contributed by atoms with Gasteiger partial charge in [-0.05, 0) is 13.0 Å². The quantitative estimate of drug-likeness (QED) is 0.378. The van der Waals surface area contributed by atoms with E-state index in [1.807, 2.05) is 0 Å². The van der Waals surface area contributed by atoms with Gasteiger partial charge in [-0.15, -0.1) is 0 Å². The maximum Gasteiger partial charge on any atom is 0.417 e. The van der Waals surface area contributed by atoms with E-state index < -0.39 is 77.2 Å². The van der Waals surface area contributed by atoms with Crippen LogP contribution in [0.2, 0.25) is 0 Å². The van der Waals surface area contributed by atoms with Gasteiger partial charge in [-0.3, -0.25) is 9.59 Å². The van der Waals surface area contributed by atoms with Crippen LogP contribution >= 0.6 is 0 Å². The number of primary amides is 1. The topological polar surface area (TPSA) is 118 Å². The van der Waals surface area contributed by atoms with Gasteiger partial charge in [-0.1, -0.05) is 13.0 Å². The minimum atomic E-state index is -5.05. The molecule has 13 heteroatoms. The van der Waals surface area contributed by atoms with E-state index in [1.165, 1.54) is 0 Å². The minimum Gasteiger partial charge on any atom is -0.618 e. The summed E-state index contributed by atoms with van der Waals surface area (Å²) in [6.45, 7) is 1.69.